The summed E-state index contributed by atoms with van der Waals surface area (Å²) in [6.07, 6.45) is -13.4. The molecule has 0 aromatic heterocycles. The molecule has 3 nitrogen and oxygen atoms in total. The summed E-state index contributed by atoms with van der Waals surface area (Å²) in [5.74, 6) is -0.652. The number of aliphatic hydroxyl groups is 1. The largest absolute Gasteiger partial charge is 0.426 e. The van der Waals surface area contributed by atoms with Gasteiger partial charge in [0.15, 0.2) is 0 Å². The molecule has 0 spiro atoms. The van der Waals surface area contributed by atoms with Gasteiger partial charge < -0.3 is 10.0 Å². The number of hydrogen-bond acceptors (Lipinski definition) is 2. The van der Waals surface area contributed by atoms with Crippen LogP contribution in [0.25, 0.3) is 0 Å². The highest BCUT2D eigenvalue weighted by Gasteiger charge is 2.69. The molecule has 0 saturated carbocycles. The topological polar surface area (TPSA) is 40.5 Å². The normalized spacial score (nSPS) is 13.8. The first-order valence-corrected chi connectivity index (χ1v) is 5.82. The Morgan fingerprint density at radius 1 is 1.10 bits per heavy atom. The number of carbonyl (C=O) groups is 1. The molecule has 20 heavy (non-hydrogen) atoms. The molecular weight excluding hydrogens is 292 g/mol. The van der Waals surface area contributed by atoms with E-state index in [0.717, 1.165) is 11.9 Å². The van der Waals surface area contributed by atoms with Gasteiger partial charge in [-0.05, 0) is 5.92 Å². The van der Waals surface area contributed by atoms with Crippen molar-refractivity contribution in [2.24, 2.45) is 5.92 Å². The fraction of sp³-hybridized carbons (Fsp3) is 0.909. The fourth-order valence-electron chi connectivity index (χ4n) is 1.40. The van der Waals surface area contributed by atoms with Gasteiger partial charge in [-0.25, -0.2) is 0 Å². The third-order valence-electron chi connectivity index (χ3n) is 2.76. The minimum absolute atomic E-state index is 0.00691. The number of amides is 1. The lowest BCUT2D eigenvalue weighted by Gasteiger charge is -2.33. The van der Waals surface area contributed by atoms with E-state index in [9.17, 15) is 31.1 Å². The summed E-state index contributed by atoms with van der Waals surface area (Å²) in [6, 6.07) is 0. The molecule has 1 amide bonds. The van der Waals surface area contributed by atoms with E-state index in [1.54, 1.807) is 13.8 Å². The van der Waals surface area contributed by atoms with Gasteiger partial charge >= 0.3 is 12.4 Å². The highest BCUT2D eigenvalue weighted by atomic mass is 19.4. The molecule has 1 N–H and O–H groups in total. The van der Waals surface area contributed by atoms with Crippen molar-refractivity contribution in [1.29, 1.82) is 0 Å². The number of carbonyl (C=O) groups excluding carboxylic acids is 1. The second-order valence-electron chi connectivity index (χ2n) is 5.02. The summed E-state index contributed by atoms with van der Waals surface area (Å²) in [6.45, 7) is 2.53. The minimum atomic E-state index is -5.85. The lowest BCUT2D eigenvalue weighted by Crippen LogP contribution is -2.58. The van der Waals surface area contributed by atoms with E-state index >= 15 is 0 Å². The quantitative estimate of drug-likeness (QED) is 0.793. The van der Waals surface area contributed by atoms with E-state index in [2.05, 4.69) is 0 Å². The molecule has 0 fully saturated rings. The van der Waals surface area contributed by atoms with Gasteiger partial charge in [0.2, 0.25) is 5.91 Å². The average molecular weight is 309 g/mol. The van der Waals surface area contributed by atoms with E-state index in [4.69, 9.17) is 5.11 Å². The van der Waals surface area contributed by atoms with Crippen LogP contribution in [0.2, 0.25) is 0 Å². The van der Waals surface area contributed by atoms with Crippen molar-refractivity contribution < 1.29 is 36.2 Å². The first-order valence-electron chi connectivity index (χ1n) is 5.82. The summed E-state index contributed by atoms with van der Waals surface area (Å²) in [4.78, 5) is 12.2. The Morgan fingerprint density at radius 3 is 1.80 bits per heavy atom. The van der Waals surface area contributed by atoms with Crippen LogP contribution >= 0.6 is 0 Å². The maximum atomic E-state index is 12.4. The first kappa shape index (κ1) is 19.0. The number of halogens is 6. The monoisotopic (exact) mass is 309 g/mol. The van der Waals surface area contributed by atoms with Crippen LogP contribution in [0.5, 0.6) is 0 Å². The summed E-state index contributed by atoms with van der Waals surface area (Å²) in [7, 11) is 1.10. The number of rotatable bonds is 5. The molecule has 0 rings (SSSR count). The van der Waals surface area contributed by atoms with Crippen LogP contribution in [0.15, 0.2) is 0 Å². The molecule has 0 aliphatic heterocycles. The molecule has 9 heteroatoms. The Labute approximate surface area is 112 Å². The molecule has 0 aliphatic rings. The Balaban J connectivity index is 4.86. The third kappa shape index (κ3) is 4.53. The Hall–Kier alpha value is -0.990. The van der Waals surface area contributed by atoms with Crippen molar-refractivity contribution in [2.45, 2.75) is 44.6 Å². The summed E-state index contributed by atoms with van der Waals surface area (Å²) >= 11 is 0. The summed E-state index contributed by atoms with van der Waals surface area (Å²) < 4.78 is 74.3. The Bertz CT molecular complexity index is 323. The van der Waals surface area contributed by atoms with Gasteiger partial charge in [-0.15, -0.1) is 0 Å². The number of nitrogens with zero attached hydrogens (tertiary/aromatic N) is 1. The molecule has 0 atom stereocenters. The van der Waals surface area contributed by atoms with Crippen LogP contribution in [0.3, 0.4) is 0 Å². The molecule has 0 radical (unpaired) electrons. The van der Waals surface area contributed by atoms with Crippen molar-refractivity contribution in [3.8, 4) is 0 Å². The highest BCUT2D eigenvalue weighted by Crippen LogP contribution is 2.45. The summed E-state index contributed by atoms with van der Waals surface area (Å²) in [5, 5.41) is 8.91. The van der Waals surface area contributed by atoms with Crippen molar-refractivity contribution in [3.05, 3.63) is 0 Å². The molecule has 0 aromatic rings. The van der Waals surface area contributed by atoms with Gasteiger partial charge in [0.25, 0.3) is 5.60 Å². The molecular formula is C11H17F6NO2. The van der Waals surface area contributed by atoms with Crippen LogP contribution in [-0.2, 0) is 4.79 Å². The van der Waals surface area contributed by atoms with E-state index < -0.39 is 36.8 Å². The average Bonchev–Trinajstić information content (AvgIpc) is 2.20. The lowest BCUT2D eigenvalue weighted by atomic mass is 9.97. The molecule has 120 valence electrons. The van der Waals surface area contributed by atoms with Gasteiger partial charge in [0.1, 0.15) is 0 Å². The van der Waals surface area contributed by atoms with E-state index in [0.29, 0.717) is 0 Å². The van der Waals surface area contributed by atoms with Gasteiger partial charge in [0, 0.05) is 26.4 Å². The minimum Gasteiger partial charge on any atom is -0.374 e. The smallest absolute Gasteiger partial charge is 0.374 e. The SMILES string of the molecule is CC(C)CC(=O)N(C)CCC(O)(C(F)(F)F)C(F)(F)F. The molecule has 0 saturated heterocycles. The van der Waals surface area contributed by atoms with Crippen molar-refractivity contribution in [3.63, 3.8) is 0 Å². The van der Waals surface area contributed by atoms with Crippen molar-refractivity contribution in [2.75, 3.05) is 13.6 Å². The molecule has 0 unspecified atom stereocenters. The van der Waals surface area contributed by atoms with Gasteiger partial charge in [0.05, 0.1) is 0 Å². The van der Waals surface area contributed by atoms with Crippen molar-refractivity contribution in [1.82, 2.24) is 4.90 Å². The molecule has 0 heterocycles. The zero-order chi connectivity index (χ0) is 16.4. The second-order valence-corrected chi connectivity index (χ2v) is 5.02. The zero-order valence-electron chi connectivity index (χ0n) is 11.3. The number of alkyl halides is 6. The van der Waals surface area contributed by atoms with Crippen LogP contribution in [0.1, 0.15) is 26.7 Å². The number of hydrogen-bond donors (Lipinski definition) is 1. The Kier molecular flexibility index (Phi) is 5.89. The van der Waals surface area contributed by atoms with Gasteiger partial charge in [-0.3, -0.25) is 4.79 Å². The molecule has 0 aromatic carbocycles. The van der Waals surface area contributed by atoms with E-state index in [-0.39, 0.29) is 12.3 Å². The van der Waals surface area contributed by atoms with Crippen molar-refractivity contribution >= 4 is 5.91 Å². The van der Waals surface area contributed by atoms with E-state index in [1.807, 2.05) is 0 Å². The highest BCUT2D eigenvalue weighted by molar-refractivity contribution is 5.76. The predicted molar refractivity (Wildman–Crippen MR) is 58.8 cm³/mol. The molecule has 0 aliphatic carbocycles. The van der Waals surface area contributed by atoms with Crippen LogP contribution in [0.4, 0.5) is 26.3 Å². The lowest BCUT2D eigenvalue weighted by molar-refractivity contribution is -0.370. The third-order valence-corrected chi connectivity index (χ3v) is 2.76. The van der Waals surface area contributed by atoms with Gasteiger partial charge in [-0.2, -0.15) is 26.3 Å². The maximum absolute atomic E-state index is 12.4. The zero-order valence-corrected chi connectivity index (χ0v) is 11.3. The summed E-state index contributed by atoms with van der Waals surface area (Å²) in [5.41, 5.74) is -4.81. The molecule has 0 bridgehead atoms. The Morgan fingerprint density at radius 2 is 1.50 bits per heavy atom. The van der Waals surface area contributed by atoms with E-state index in [1.165, 1.54) is 0 Å². The van der Waals surface area contributed by atoms with Gasteiger partial charge in [-0.1, -0.05) is 13.8 Å². The standard InChI is InChI=1S/C11H17F6NO2/c1-7(2)6-8(19)18(3)5-4-9(20,10(12,13)14)11(15,16)17/h7,20H,4-6H2,1-3H3. The van der Waals surface area contributed by atoms with Crippen LogP contribution in [0, 0.1) is 5.92 Å². The van der Waals surface area contributed by atoms with Crippen LogP contribution in [-0.4, -0.2) is 47.5 Å². The predicted octanol–water partition coefficient (Wildman–Crippen LogP) is 2.74. The second kappa shape index (κ2) is 6.19. The maximum Gasteiger partial charge on any atom is 0.426 e. The fourth-order valence-corrected chi connectivity index (χ4v) is 1.40. The van der Waals surface area contributed by atoms with Crippen LogP contribution < -0.4 is 0 Å². The first-order chi connectivity index (χ1) is 8.72.